The van der Waals surface area contributed by atoms with Gasteiger partial charge in [-0.3, -0.25) is 4.79 Å². The molecule has 0 N–H and O–H groups in total. The fraction of sp³-hybridized carbons (Fsp3) is 0.500. The van der Waals surface area contributed by atoms with Crippen LogP contribution in [0, 0.1) is 13.8 Å². The van der Waals surface area contributed by atoms with Gasteiger partial charge < -0.3 is 4.74 Å². The Morgan fingerprint density at radius 1 is 1.31 bits per heavy atom. The standard InChI is InChI=1S/C14H20O2/c1-5-13(16-6-2)14(15)12-8-7-10(3)9-11(12)4/h7-9,13H,5-6H2,1-4H3. The molecule has 2 heteroatoms. The van der Waals surface area contributed by atoms with Crippen molar-refractivity contribution in [1.82, 2.24) is 0 Å². The second-order valence-corrected chi connectivity index (χ2v) is 4.03. The number of benzene rings is 1. The number of aryl methyl sites for hydroxylation is 2. The van der Waals surface area contributed by atoms with E-state index in [1.54, 1.807) is 0 Å². The molecule has 0 aromatic heterocycles. The fourth-order valence-electron chi connectivity index (χ4n) is 1.84. The molecule has 0 saturated carbocycles. The van der Waals surface area contributed by atoms with Crippen LogP contribution in [0.1, 0.15) is 41.8 Å². The first kappa shape index (κ1) is 12.9. The van der Waals surface area contributed by atoms with E-state index in [1.807, 2.05) is 45.9 Å². The minimum Gasteiger partial charge on any atom is -0.370 e. The van der Waals surface area contributed by atoms with Gasteiger partial charge in [0.15, 0.2) is 5.78 Å². The van der Waals surface area contributed by atoms with Gasteiger partial charge in [-0.2, -0.15) is 0 Å². The maximum Gasteiger partial charge on any atom is 0.191 e. The third kappa shape index (κ3) is 2.92. The van der Waals surface area contributed by atoms with Crippen LogP contribution in [-0.4, -0.2) is 18.5 Å². The molecule has 1 unspecified atom stereocenters. The normalized spacial score (nSPS) is 12.5. The van der Waals surface area contributed by atoms with Gasteiger partial charge in [-0.15, -0.1) is 0 Å². The molecule has 88 valence electrons. The van der Waals surface area contributed by atoms with Crippen molar-refractivity contribution >= 4 is 5.78 Å². The van der Waals surface area contributed by atoms with E-state index in [0.29, 0.717) is 6.61 Å². The number of carbonyl (C=O) groups is 1. The van der Waals surface area contributed by atoms with Gasteiger partial charge in [-0.1, -0.05) is 30.7 Å². The molecule has 0 spiro atoms. The van der Waals surface area contributed by atoms with Crippen molar-refractivity contribution in [2.75, 3.05) is 6.61 Å². The smallest absolute Gasteiger partial charge is 0.191 e. The van der Waals surface area contributed by atoms with Crippen molar-refractivity contribution in [2.24, 2.45) is 0 Å². The lowest BCUT2D eigenvalue weighted by atomic mass is 9.98. The molecule has 1 rings (SSSR count). The molecule has 0 saturated heterocycles. The summed E-state index contributed by atoms with van der Waals surface area (Å²) in [6.45, 7) is 8.47. The SMILES string of the molecule is CCOC(CC)C(=O)c1ccc(C)cc1C. The third-order valence-electron chi connectivity index (χ3n) is 2.68. The van der Waals surface area contributed by atoms with Gasteiger partial charge in [0.25, 0.3) is 0 Å². The van der Waals surface area contributed by atoms with Gasteiger partial charge >= 0.3 is 0 Å². The van der Waals surface area contributed by atoms with Gasteiger partial charge in [-0.05, 0) is 32.8 Å². The Morgan fingerprint density at radius 2 is 2.00 bits per heavy atom. The lowest BCUT2D eigenvalue weighted by Gasteiger charge is -2.15. The lowest BCUT2D eigenvalue weighted by Crippen LogP contribution is -2.24. The van der Waals surface area contributed by atoms with E-state index in [-0.39, 0.29) is 11.9 Å². The van der Waals surface area contributed by atoms with Gasteiger partial charge in [0.2, 0.25) is 0 Å². The molecule has 16 heavy (non-hydrogen) atoms. The van der Waals surface area contributed by atoms with E-state index in [0.717, 1.165) is 17.5 Å². The predicted molar refractivity (Wildman–Crippen MR) is 66.0 cm³/mol. The Morgan fingerprint density at radius 3 is 2.50 bits per heavy atom. The molecule has 0 fully saturated rings. The Hall–Kier alpha value is -1.15. The zero-order valence-corrected chi connectivity index (χ0v) is 10.5. The number of ketones is 1. The second-order valence-electron chi connectivity index (χ2n) is 4.03. The van der Waals surface area contributed by atoms with Gasteiger partial charge in [-0.25, -0.2) is 0 Å². The first-order valence-electron chi connectivity index (χ1n) is 5.83. The van der Waals surface area contributed by atoms with E-state index in [9.17, 15) is 4.79 Å². The minimum absolute atomic E-state index is 0.0989. The molecule has 0 aliphatic rings. The number of carbonyl (C=O) groups excluding carboxylic acids is 1. The highest BCUT2D eigenvalue weighted by molar-refractivity contribution is 6.00. The lowest BCUT2D eigenvalue weighted by molar-refractivity contribution is 0.0443. The molecular formula is C14H20O2. The average Bonchev–Trinajstić information content (AvgIpc) is 2.25. The predicted octanol–water partition coefficient (Wildman–Crippen LogP) is 3.30. The molecular weight excluding hydrogens is 200 g/mol. The van der Waals surface area contributed by atoms with Crippen molar-refractivity contribution < 1.29 is 9.53 Å². The quantitative estimate of drug-likeness (QED) is 0.712. The van der Waals surface area contributed by atoms with E-state index >= 15 is 0 Å². The third-order valence-corrected chi connectivity index (χ3v) is 2.68. The summed E-state index contributed by atoms with van der Waals surface area (Å²) in [5, 5.41) is 0. The first-order chi connectivity index (χ1) is 7.60. The van der Waals surface area contributed by atoms with Gasteiger partial charge in [0, 0.05) is 12.2 Å². The van der Waals surface area contributed by atoms with Crippen LogP contribution >= 0.6 is 0 Å². The zero-order chi connectivity index (χ0) is 12.1. The molecule has 1 aromatic carbocycles. The summed E-state index contributed by atoms with van der Waals surface area (Å²) in [4.78, 5) is 12.2. The summed E-state index contributed by atoms with van der Waals surface area (Å²) < 4.78 is 5.44. The van der Waals surface area contributed by atoms with Crippen LogP contribution in [0.15, 0.2) is 18.2 Å². The maximum absolute atomic E-state index is 12.2. The number of rotatable bonds is 5. The molecule has 0 aliphatic carbocycles. The largest absolute Gasteiger partial charge is 0.370 e. The molecule has 1 atom stereocenters. The van der Waals surface area contributed by atoms with Crippen LogP contribution in [-0.2, 0) is 4.74 Å². The van der Waals surface area contributed by atoms with Crippen LogP contribution in [0.5, 0.6) is 0 Å². The molecule has 1 aromatic rings. The van der Waals surface area contributed by atoms with E-state index in [2.05, 4.69) is 0 Å². The van der Waals surface area contributed by atoms with E-state index in [4.69, 9.17) is 4.74 Å². The summed E-state index contributed by atoms with van der Waals surface area (Å²) >= 11 is 0. The van der Waals surface area contributed by atoms with Crippen molar-refractivity contribution in [3.8, 4) is 0 Å². The van der Waals surface area contributed by atoms with Crippen LogP contribution in [0.25, 0.3) is 0 Å². The molecule has 0 radical (unpaired) electrons. The number of ether oxygens (including phenoxy) is 1. The van der Waals surface area contributed by atoms with Crippen LogP contribution in [0.4, 0.5) is 0 Å². The molecule has 0 bridgehead atoms. The second kappa shape index (κ2) is 5.80. The van der Waals surface area contributed by atoms with Crippen LogP contribution < -0.4 is 0 Å². The highest BCUT2D eigenvalue weighted by Gasteiger charge is 2.19. The fourth-order valence-corrected chi connectivity index (χ4v) is 1.84. The van der Waals surface area contributed by atoms with Crippen molar-refractivity contribution in [1.29, 1.82) is 0 Å². The number of hydrogen-bond acceptors (Lipinski definition) is 2. The summed E-state index contributed by atoms with van der Waals surface area (Å²) in [6.07, 6.45) is 0.423. The van der Waals surface area contributed by atoms with Crippen molar-refractivity contribution in [2.45, 2.75) is 40.2 Å². The molecule has 0 heterocycles. The number of Topliss-reactive ketones (excluding diaryl/α,β-unsaturated/α-hetero) is 1. The Labute approximate surface area is 97.6 Å². The summed E-state index contributed by atoms with van der Waals surface area (Å²) in [5.41, 5.74) is 2.99. The summed E-state index contributed by atoms with van der Waals surface area (Å²) in [6, 6.07) is 5.90. The molecule has 2 nitrogen and oxygen atoms in total. The van der Waals surface area contributed by atoms with Crippen molar-refractivity contribution in [3.05, 3.63) is 34.9 Å². The van der Waals surface area contributed by atoms with E-state index in [1.165, 1.54) is 5.56 Å². The Bertz CT molecular complexity index is 369. The van der Waals surface area contributed by atoms with Crippen LogP contribution in [0.3, 0.4) is 0 Å². The summed E-state index contributed by atoms with van der Waals surface area (Å²) in [7, 11) is 0. The van der Waals surface area contributed by atoms with Gasteiger partial charge in [0.05, 0.1) is 0 Å². The maximum atomic E-state index is 12.2. The van der Waals surface area contributed by atoms with E-state index < -0.39 is 0 Å². The minimum atomic E-state index is -0.300. The first-order valence-corrected chi connectivity index (χ1v) is 5.83. The number of hydrogen-bond donors (Lipinski definition) is 0. The van der Waals surface area contributed by atoms with Crippen molar-refractivity contribution in [3.63, 3.8) is 0 Å². The molecule has 0 aliphatic heterocycles. The highest BCUT2D eigenvalue weighted by Crippen LogP contribution is 2.15. The van der Waals surface area contributed by atoms with Crippen LogP contribution in [0.2, 0.25) is 0 Å². The monoisotopic (exact) mass is 220 g/mol. The Kier molecular flexibility index (Phi) is 4.69. The topological polar surface area (TPSA) is 26.3 Å². The highest BCUT2D eigenvalue weighted by atomic mass is 16.5. The molecule has 0 amide bonds. The average molecular weight is 220 g/mol. The zero-order valence-electron chi connectivity index (χ0n) is 10.5. The van der Waals surface area contributed by atoms with Gasteiger partial charge in [0.1, 0.15) is 6.10 Å². The summed E-state index contributed by atoms with van der Waals surface area (Å²) in [5.74, 6) is 0.0989. The Balaban J connectivity index is 2.94.